The Hall–Kier alpha value is -2.07. The number of nitrogens with zero attached hydrogens (tertiary/aromatic N) is 1. The van der Waals surface area contributed by atoms with Crippen LogP contribution < -0.4 is 0 Å². The zero-order valence-corrected chi connectivity index (χ0v) is 13.5. The van der Waals surface area contributed by atoms with E-state index in [0.717, 1.165) is 18.7 Å². The molecule has 0 N–H and O–H groups in total. The van der Waals surface area contributed by atoms with Gasteiger partial charge in [-0.2, -0.15) is 0 Å². The molecule has 1 amide bonds. The second kappa shape index (κ2) is 7.01. The zero-order valence-electron chi connectivity index (χ0n) is 12.7. The molecule has 0 aliphatic carbocycles. The van der Waals surface area contributed by atoms with Gasteiger partial charge in [-0.15, -0.1) is 0 Å². The van der Waals surface area contributed by atoms with E-state index >= 15 is 0 Å². The van der Waals surface area contributed by atoms with Gasteiger partial charge in [-0.05, 0) is 30.7 Å². The normalized spacial score (nSPS) is 17.4. The number of hydrogen-bond donors (Lipinski definition) is 0. The number of carbonyl (C=O) groups is 2. The second-order valence-corrected chi connectivity index (χ2v) is 6.21. The van der Waals surface area contributed by atoms with Gasteiger partial charge in [-0.25, -0.2) is 0 Å². The summed E-state index contributed by atoms with van der Waals surface area (Å²) in [6.07, 6.45) is 3.00. The van der Waals surface area contributed by atoms with E-state index in [1.54, 1.807) is 30.5 Å². The van der Waals surface area contributed by atoms with E-state index in [1.807, 2.05) is 17.0 Å². The van der Waals surface area contributed by atoms with Gasteiger partial charge >= 0.3 is 0 Å². The molecule has 4 nitrogen and oxygen atoms in total. The van der Waals surface area contributed by atoms with Crippen LogP contribution in [-0.2, 0) is 4.79 Å². The molecule has 1 atom stereocenters. The summed E-state index contributed by atoms with van der Waals surface area (Å²) < 4.78 is 5.41. The molecule has 0 radical (unpaired) electrons. The van der Waals surface area contributed by atoms with Crippen LogP contribution in [0.3, 0.4) is 0 Å². The number of hydrogen-bond acceptors (Lipinski definition) is 3. The quantitative estimate of drug-likeness (QED) is 0.780. The van der Waals surface area contributed by atoms with E-state index in [-0.39, 0.29) is 30.4 Å². The van der Waals surface area contributed by atoms with Crippen molar-refractivity contribution in [2.75, 3.05) is 13.1 Å². The lowest BCUT2D eigenvalue weighted by atomic mass is 10.1. The average Bonchev–Trinajstić information content (AvgIpc) is 3.22. The number of ketones is 1. The van der Waals surface area contributed by atoms with Crippen LogP contribution in [0.15, 0.2) is 47.1 Å². The van der Waals surface area contributed by atoms with Gasteiger partial charge in [0.1, 0.15) is 5.76 Å². The molecule has 1 aliphatic heterocycles. The topological polar surface area (TPSA) is 50.5 Å². The third-order valence-electron chi connectivity index (χ3n) is 4.20. The number of amides is 1. The van der Waals surface area contributed by atoms with Crippen LogP contribution in [0.2, 0.25) is 5.02 Å². The summed E-state index contributed by atoms with van der Waals surface area (Å²) in [5.41, 5.74) is 0.556. The summed E-state index contributed by atoms with van der Waals surface area (Å²) in [6.45, 7) is 1.38. The van der Waals surface area contributed by atoms with Crippen molar-refractivity contribution >= 4 is 23.3 Å². The van der Waals surface area contributed by atoms with E-state index < -0.39 is 0 Å². The molecule has 1 aliphatic rings. The zero-order chi connectivity index (χ0) is 16.2. The maximum absolute atomic E-state index is 12.3. The fraction of sp³-hybridized carbons (Fsp3) is 0.333. The SMILES string of the molecule is O=C(CCC(=O)N1CCC(c2ccco2)C1)c1cccc(Cl)c1. The highest BCUT2D eigenvalue weighted by Crippen LogP contribution is 2.28. The van der Waals surface area contributed by atoms with Gasteiger partial charge in [0, 0.05) is 42.4 Å². The molecule has 0 bridgehead atoms. The minimum atomic E-state index is -0.0531. The summed E-state index contributed by atoms with van der Waals surface area (Å²) >= 11 is 5.88. The summed E-state index contributed by atoms with van der Waals surface area (Å²) in [6, 6.07) is 10.6. The Kier molecular flexibility index (Phi) is 4.82. The van der Waals surface area contributed by atoms with Crippen molar-refractivity contribution < 1.29 is 14.0 Å². The van der Waals surface area contributed by atoms with Gasteiger partial charge in [-0.1, -0.05) is 23.7 Å². The van der Waals surface area contributed by atoms with E-state index in [9.17, 15) is 9.59 Å². The van der Waals surface area contributed by atoms with Crippen LogP contribution in [0, 0.1) is 0 Å². The minimum absolute atomic E-state index is 0.0226. The van der Waals surface area contributed by atoms with E-state index in [0.29, 0.717) is 17.1 Å². The van der Waals surface area contributed by atoms with Crippen LogP contribution in [-0.4, -0.2) is 29.7 Å². The van der Waals surface area contributed by atoms with E-state index in [2.05, 4.69) is 0 Å². The lowest BCUT2D eigenvalue weighted by molar-refractivity contribution is -0.130. The number of benzene rings is 1. The molecule has 120 valence electrons. The minimum Gasteiger partial charge on any atom is -0.469 e. The third-order valence-corrected chi connectivity index (χ3v) is 4.43. The summed E-state index contributed by atoms with van der Waals surface area (Å²) in [7, 11) is 0. The fourth-order valence-corrected chi connectivity index (χ4v) is 3.12. The Morgan fingerprint density at radius 2 is 2.09 bits per heavy atom. The van der Waals surface area contributed by atoms with Gasteiger partial charge < -0.3 is 9.32 Å². The lowest BCUT2D eigenvalue weighted by Gasteiger charge is -2.15. The Morgan fingerprint density at radius 3 is 2.83 bits per heavy atom. The largest absolute Gasteiger partial charge is 0.469 e. The van der Waals surface area contributed by atoms with Gasteiger partial charge in [0.25, 0.3) is 0 Å². The molecule has 1 aromatic heterocycles. The van der Waals surface area contributed by atoms with Crippen LogP contribution in [0.1, 0.15) is 41.3 Å². The Labute approximate surface area is 140 Å². The van der Waals surface area contributed by atoms with Crippen molar-refractivity contribution in [2.45, 2.75) is 25.2 Å². The van der Waals surface area contributed by atoms with E-state index in [1.165, 1.54) is 0 Å². The number of Topliss-reactive ketones (excluding diaryl/α,β-unsaturated/α-hetero) is 1. The van der Waals surface area contributed by atoms with Crippen molar-refractivity contribution in [1.82, 2.24) is 4.90 Å². The molecule has 5 heteroatoms. The van der Waals surface area contributed by atoms with E-state index in [4.69, 9.17) is 16.0 Å². The Morgan fingerprint density at radius 1 is 1.22 bits per heavy atom. The first-order chi connectivity index (χ1) is 11.1. The van der Waals surface area contributed by atoms with Crippen LogP contribution >= 0.6 is 11.6 Å². The summed E-state index contributed by atoms with van der Waals surface area (Å²) in [5.74, 6) is 1.16. The highest BCUT2D eigenvalue weighted by molar-refractivity contribution is 6.31. The molecular weight excluding hydrogens is 314 g/mol. The second-order valence-electron chi connectivity index (χ2n) is 5.77. The van der Waals surface area contributed by atoms with Crippen molar-refractivity contribution in [3.05, 3.63) is 59.0 Å². The molecule has 0 saturated carbocycles. The highest BCUT2D eigenvalue weighted by atomic mass is 35.5. The standard InChI is InChI=1S/C18H18ClNO3/c19-15-4-1-3-13(11-15)16(21)6-7-18(22)20-9-8-14(12-20)17-5-2-10-23-17/h1-5,10-11,14H,6-9,12H2. The molecular formula is C18H18ClNO3. The fourth-order valence-electron chi connectivity index (χ4n) is 2.93. The van der Waals surface area contributed by atoms with Gasteiger partial charge in [-0.3, -0.25) is 9.59 Å². The molecule has 1 saturated heterocycles. The van der Waals surface area contributed by atoms with Crippen molar-refractivity contribution in [1.29, 1.82) is 0 Å². The van der Waals surface area contributed by atoms with Crippen molar-refractivity contribution in [2.24, 2.45) is 0 Å². The lowest BCUT2D eigenvalue weighted by Crippen LogP contribution is -2.28. The van der Waals surface area contributed by atoms with Crippen molar-refractivity contribution in [3.63, 3.8) is 0 Å². The van der Waals surface area contributed by atoms with Crippen LogP contribution in [0.4, 0.5) is 0 Å². The molecule has 23 heavy (non-hydrogen) atoms. The maximum Gasteiger partial charge on any atom is 0.223 e. The van der Waals surface area contributed by atoms with Gasteiger partial charge in [0.05, 0.1) is 6.26 Å². The predicted octanol–water partition coefficient (Wildman–Crippen LogP) is 3.91. The van der Waals surface area contributed by atoms with Crippen LogP contribution in [0.25, 0.3) is 0 Å². The number of carbonyl (C=O) groups excluding carboxylic acids is 2. The Bertz CT molecular complexity index is 696. The number of halogens is 1. The highest BCUT2D eigenvalue weighted by Gasteiger charge is 2.28. The van der Waals surface area contributed by atoms with Crippen molar-refractivity contribution in [3.8, 4) is 0 Å². The Balaban J connectivity index is 1.51. The molecule has 3 rings (SSSR count). The monoisotopic (exact) mass is 331 g/mol. The molecule has 1 fully saturated rings. The predicted molar refractivity (Wildman–Crippen MR) is 87.7 cm³/mol. The number of likely N-dealkylation sites (tertiary alicyclic amines) is 1. The van der Waals surface area contributed by atoms with Gasteiger partial charge in [0.2, 0.25) is 5.91 Å². The van der Waals surface area contributed by atoms with Crippen LogP contribution in [0.5, 0.6) is 0 Å². The molecule has 2 heterocycles. The molecule has 2 aromatic rings. The number of furan rings is 1. The first-order valence-corrected chi connectivity index (χ1v) is 8.11. The summed E-state index contributed by atoms with van der Waals surface area (Å²) in [5, 5.41) is 0.531. The molecule has 1 unspecified atom stereocenters. The average molecular weight is 332 g/mol. The first-order valence-electron chi connectivity index (χ1n) is 7.73. The van der Waals surface area contributed by atoms with Gasteiger partial charge in [0.15, 0.2) is 5.78 Å². The number of rotatable bonds is 5. The third kappa shape index (κ3) is 3.82. The smallest absolute Gasteiger partial charge is 0.223 e. The molecule has 1 aromatic carbocycles. The first kappa shape index (κ1) is 15.8. The summed E-state index contributed by atoms with van der Waals surface area (Å²) in [4.78, 5) is 26.2. The molecule has 0 spiro atoms. The maximum atomic E-state index is 12.3.